The van der Waals surface area contributed by atoms with Gasteiger partial charge in [0.2, 0.25) is 5.13 Å². The second-order valence-electron chi connectivity index (χ2n) is 8.80. The second kappa shape index (κ2) is 11.3. The fourth-order valence-electron chi connectivity index (χ4n) is 4.25. The van der Waals surface area contributed by atoms with E-state index >= 15 is 0 Å². The first-order valence-electron chi connectivity index (χ1n) is 12.0. The van der Waals surface area contributed by atoms with Crippen molar-refractivity contribution in [3.05, 3.63) is 101 Å². The van der Waals surface area contributed by atoms with Gasteiger partial charge in [-0.2, -0.15) is 0 Å². The van der Waals surface area contributed by atoms with Crippen molar-refractivity contribution in [1.82, 2.24) is 10.2 Å². The molecule has 1 aliphatic heterocycles. The number of Topliss-reactive ketones (excluding diaryl/α,β-unsaturated/α-hetero) is 1. The quantitative estimate of drug-likeness (QED) is 0.0953. The Morgan fingerprint density at radius 2 is 1.69 bits per heavy atom. The van der Waals surface area contributed by atoms with Crippen LogP contribution in [0.2, 0.25) is 0 Å². The predicted molar refractivity (Wildman–Crippen MR) is 151 cm³/mol. The van der Waals surface area contributed by atoms with Crippen LogP contribution < -0.4 is 14.4 Å². The number of ketones is 1. The maximum atomic E-state index is 13.4. The molecule has 10 heteroatoms. The van der Waals surface area contributed by atoms with Gasteiger partial charge in [-0.1, -0.05) is 65.1 Å². The largest absolute Gasteiger partial charge is 0.507 e. The summed E-state index contributed by atoms with van der Waals surface area (Å²) in [6, 6.07) is 21.0. The normalized spacial score (nSPS) is 16.5. The van der Waals surface area contributed by atoms with Crippen molar-refractivity contribution in [2.24, 2.45) is 0 Å². The van der Waals surface area contributed by atoms with Crippen LogP contribution in [0.4, 0.5) is 5.13 Å². The Kier molecular flexibility index (Phi) is 7.67. The number of ether oxygens (including phenoxy) is 2. The van der Waals surface area contributed by atoms with Gasteiger partial charge < -0.3 is 14.6 Å². The first kappa shape index (κ1) is 26.5. The van der Waals surface area contributed by atoms with E-state index < -0.39 is 17.7 Å². The lowest BCUT2D eigenvalue weighted by Crippen LogP contribution is -2.29. The Labute approximate surface area is 233 Å². The zero-order chi connectivity index (χ0) is 27.5. The van der Waals surface area contributed by atoms with Gasteiger partial charge in [0.15, 0.2) is 4.34 Å². The number of hydrogen-bond donors (Lipinski definition) is 1. The Balaban J connectivity index is 1.54. The predicted octanol–water partition coefficient (Wildman–Crippen LogP) is 5.78. The molecule has 0 bridgehead atoms. The lowest BCUT2D eigenvalue weighted by molar-refractivity contribution is -0.132. The number of nitrogens with zero attached hydrogens (tertiary/aromatic N) is 3. The molecule has 1 aliphatic rings. The van der Waals surface area contributed by atoms with Gasteiger partial charge in [0.25, 0.3) is 5.78 Å². The van der Waals surface area contributed by atoms with Gasteiger partial charge in [-0.25, -0.2) is 0 Å². The van der Waals surface area contributed by atoms with Gasteiger partial charge in [-0.3, -0.25) is 14.5 Å². The monoisotopic (exact) mass is 559 g/mol. The van der Waals surface area contributed by atoms with Gasteiger partial charge >= 0.3 is 5.91 Å². The van der Waals surface area contributed by atoms with Crippen LogP contribution in [0.5, 0.6) is 11.5 Å². The van der Waals surface area contributed by atoms with Crippen molar-refractivity contribution in [1.29, 1.82) is 0 Å². The molecule has 1 N–H and O–H groups in total. The van der Waals surface area contributed by atoms with Crippen LogP contribution in [0.15, 0.2) is 82.7 Å². The molecule has 1 fully saturated rings. The van der Waals surface area contributed by atoms with Crippen molar-refractivity contribution in [3.63, 3.8) is 0 Å². The number of thioether (sulfide) groups is 1. The van der Waals surface area contributed by atoms with E-state index in [9.17, 15) is 14.7 Å². The highest BCUT2D eigenvalue weighted by Gasteiger charge is 2.48. The molecule has 0 aliphatic carbocycles. The van der Waals surface area contributed by atoms with Crippen LogP contribution in [0.3, 0.4) is 0 Å². The van der Waals surface area contributed by atoms with Crippen LogP contribution in [-0.4, -0.2) is 41.2 Å². The standard InChI is InChI=1S/C29H25N3O5S2/c1-17-7-9-18(10-8-17)16-38-29-31-30-28(39-29)32-24(20-5-4-6-22(15-20)37-3)23(26(34)27(32)35)25(33)19-11-13-21(36-2)14-12-19/h4-15,24,33H,16H2,1-3H3/b25-23-. The van der Waals surface area contributed by atoms with Gasteiger partial charge in [-0.15, -0.1) is 10.2 Å². The van der Waals surface area contributed by atoms with E-state index in [1.807, 2.05) is 6.92 Å². The van der Waals surface area contributed by atoms with Gasteiger partial charge in [-0.05, 0) is 54.4 Å². The topological polar surface area (TPSA) is 102 Å². The van der Waals surface area contributed by atoms with Crippen LogP contribution in [-0.2, 0) is 15.3 Å². The van der Waals surface area contributed by atoms with Crippen molar-refractivity contribution in [2.45, 2.75) is 23.1 Å². The molecule has 39 heavy (non-hydrogen) atoms. The van der Waals surface area contributed by atoms with E-state index in [2.05, 4.69) is 34.5 Å². The molecular weight excluding hydrogens is 534 g/mol. The van der Waals surface area contributed by atoms with Crippen molar-refractivity contribution >= 4 is 45.7 Å². The molecule has 198 valence electrons. The zero-order valence-corrected chi connectivity index (χ0v) is 23.1. The van der Waals surface area contributed by atoms with Crippen molar-refractivity contribution in [2.75, 3.05) is 19.1 Å². The minimum absolute atomic E-state index is 0.0394. The molecule has 4 aromatic rings. The number of aliphatic hydroxyl groups is 1. The first-order valence-corrected chi connectivity index (χ1v) is 13.8. The number of amides is 1. The van der Waals surface area contributed by atoms with E-state index in [4.69, 9.17) is 9.47 Å². The maximum absolute atomic E-state index is 13.4. The highest BCUT2D eigenvalue weighted by molar-refractivity contribution is 8.00. The number of carbonyl (C=O) groups is 2. The molecule has 3 aromatic carbocycles. The SMILES string of the molecule is COc1ccc(/C(O)=C2/C(=O)C(=O)N(c3nnc(SCc4ccc(C)cc4)s3)C2c2cccc(OC)c2)cc1. The number of benzene rings is 3. The Bertz CT molecular complexity index is 1550. The number of aromatic nitrogens is 2. The van der Waals surface area contributed by atoms with Crippen LogP contribution in [0.1, 0.15) is 28.3 Å². The van der Waals surface area contributed by atoms with E-state index in [1.165, 1.54) is 40.7 Å². The molecule has 2 heterocycles. The summed E-state index contributed by atoms with van der Waals surface area (Å²) in [6.07, 6.45) is 0. The first-order chi connectivity index (χ1) is 18.9. The summed E-state index contributed by atoms with van der Waals surface area (Å²) in [4.78, 5) is 28.1. The average Bonchev–Trinajstić information content (AvgIpc) is 3.54. The van der Waals surface area contributed by atoms with Crippen molar-refractivity contribution in [3.8, 4) is 11.5 Å². The van der Waals surface area contributed by atoms with Crippen LogP contribution in [0, 0.1) is 6.92 Å². The molecule has 1 unspecified atom stereocenters. The Morgan fingerprint density at radius 1 is 0.974 bits per heavy atom. The lowest BCUT2D eigenvalue weighted by atomic mass is 9.95. The summed E-state index contributed by atoms with van der Waals surface area (Å²) in [5.41, 5.74) is 3.26. The fourth-order valence-corrected chi connectivity index (χ4v) is 6.07. The van der Waals surface area contributed by atoms with E-state index in [0.717, 1.165) is 5.56 Å². The average molecular weight is 560 g/mol. The minimum atomic E-state index is -0.926. The fraction of sp³-hybridized carbons (Fsp3) is 0.172. The van der Waals surface area contributed by atoms with Crippen LogP contribution in [0.25, 0.3) is 5.76 Å². The van der Waals surface area contributed by atoms with E-state index in [-0.39, 0.29) is 16.5 Å². The van der Waals surface area contributed by atoms with E-state index in [1.54, 1.807) is 55.6 Å². The van der Waals surface area contributed by atoms with Gasteiger partial charge in [0.05, 0.1) is 25.8 Å². The molecule has 1 aromatic heterocycles. The molecule has 1 saturated heterocycles. The Morgan fingerprint density at radius 3 is 2.38 bits per heavy atom. The summed E-state index contributed by atoms with van der Waals surface area (Å²) in [7, 11) is 3.08. The molecule has 0 saturated carbocycles. The molecule has 1 atom stereocenters. The smallest absolute Gasteiger partial charge is 0.301 e. The molecule has 5 rings (SSSR count). The summed E-state index contributed by atoms with van der Waals surface area (Å²) in [6.45, 7) is 2.04. The number of hydrogen-bond acceptors (Lipinski definition) is 9. The van der Waals surface area contributed by atoms with Gasteiger partial charge in [0, 0.05) is 11.3 Å². The number of anilines is 1. The van der Waals surface area contributed by atoms with Gasteiger partial charge in [0.1, 0.15) is 17.3 Å². The third kappa shape index (κ3) is 5.39. The Hall–Kier alpha value is -4.15. The minimum Gasteiger partial charge on any atom is -0.507 e. The van der Waals surface area contributed by atoms with E-state index in [0.29, 0.717) is 32.7 Å². The molecule has 8 nitrogen and oxygen atoms in total. The summed E-state index contributed by atoms with van der Waals surface area (Å²) >= 11 is 2.72. The third-order valence-corrected chi connectivity index (χ3v) is 8.43. The molecule has 0 spiro atoms. The lowest BCUT2D eigenvalue weighted by Gasteiger charge is -2.23. The highest BCUT2D eigenvalue weighted by atomic mass is 32.2. The summed E-state index contributed by atoms with van der Waals surface area (Å²) < 4.78 is 11.3. The van der Waals surface area contributed by atoms with Crippen molar-refractivity contribution < 1.29 is 24.2 Å². The zero-order valence-electron chi connectivity index (χ0n) is 21.5. The number of rotatable bonds is 8. The molecular formula is C29H25N3O5S2. The highest BCUT2D eigenvalue weighted by Crippen LogP contribution is 2.44. The number of aliphatic hydroxyl groups excluding tert-OH is 1. The number of aryl methyl sites for hydroxylation is 1. The summed E-state index contributed by atoms with van der Waals surface area (Å²) in [5, 5.41) is 20.1. The maximum Gasteiger partial charge on any atom is 0.301 e. The molecule has 0 radical (unpaired) electrons. The number of methoxy groups -OCH3 is 2. The summed E-state index contributed by atoms with van der Waals surface area (Å²) in [5.74, 6) is -0.0472. The second-order valence-corrected chi connectivity index (χ2v) is 11.0. The third-order valence-electron chi connectivity index (χ3n) is 6.30. The number of carbonyl (C=O) groups excluding carboxylic acids is 2. The molecule has 1 amide bonds. The van der Waals surface area contributed by atoms with Crippen LogP contribution >= 0.6 is 23.1 Å².